The van der Waals surface area contributed by atoms with Crippen LogP contribution in [0.15, 0.2) is 48.5 Å². The summed E-state index contributed by atoms with van der Waals surface area (Å²) >= 11 is 0. The Morgan fingerprint density at radius 3 is 2.35 bits per heavy atom. The van der Waals surface area contributed by atoms with Crippen LogP contribution in [0.2, 0.25) is 0 Å². The highest BCUT2D eigenvalue weighted by atomic mass is 16.5. The van der Waals surface area contributed by atoms with Crippen molar-refractivity contribution in [2.45, 2.75) is 19.4 Å². The topological polar surface area (TPSA) is 82.4 Å². The second-order valence-corrected chi connectivity index (χ2v) is 5.10. The Kier molecular flexibility index (Phi) is 6.17. The Morgan fingerprint density at radius 1 is 1.09 bits per heavy atom. The summed E-state index contributed by atoms with van der Waals surface area (Å²) in [7, 11) is 0. The molecule has 5 heteroatoms. The smallest absolute Gasteiger partial charge is 0.303 e. The third-order valence-electron chi connectivity index (χ3n) is 3.33. The van der Waals surface area contributed by atoms with Crippen LogP contribution in [-0.2, 0) is 17.8 Å². The predicted octanol–water partition coefficient (Wildman–Crippen LogP) is 3.34. The third kappa shape index (κ3) is 5.82. The lowest BCUT2D eigenvalue weighted by molar-refractivity contribution is -0.136. The van der Waals surface area contributed by atoms with Crippen molar-refractivity contribution in [1.82, 2.24) is 0 Å². The van der Waals surface area contributed by atoms with Crippen molar-refractivity contribution in [2.75, 3.05) is 11.9 Å². The molecule has 120 valence electrons. The van der Waals surface area contributed by atoms with Gasteiger partial charge in [0.05, 0.1) is 0 Å². The van der Waals surface area contributed by atoms with E-state index in [4.69, 9.17) is 15.3 Å². The number of aryl methyl sites for hydroxylation is 1. The fourth-order valence-corrected chi connectivity index (χ4v) is 2.09. The van der Waals surface area contributed by atoms with Crippen LogP contribution >= 0.6 is 0 Å². The van der Waals surface area contributed by atoms with Crippen LogP contribution in [0.5, 0.6) is 5.75 Å². The van der Waals surface area contributed by atoms with Crippen molar-refractivity contribution in [3.8, 4) is 5.75 Å². The first-order valence-corrected chi connectivity index (χ1v) is 7.42. The molecule has 0 radical (unpaired) electrons. The zero-order chi connectivity index (χ0) is 16.5. The van der Waals surface area contributed by atoms with Gasteiger partial charge in [-0.2, -0.15) is 0 Å². The molecule has 0 aliphatic carbocycles. The van der Waals surface area contributed by atoms with Crippen molar-refractivity contribution in [2.24, 2.45) is 0 Å². The first-order valence-electron chi connectivity index (χ1n) is 7.42. The highest BCUT2D eigenvalue weighted by Crippen LogP contribution is 2.15. The van der Waals surface area contributed by atoms with E-state index in [2.05, 4.69) is 5.32 Å². The summed E-state index contributed by atoms with van der Waals surface area (Å²) in [5.74, 6) is -0.0275. The molecule has 0 aromatic heterocycles. The largest absolute Gasteiger partial charge is 0.488 e. The summed E-state index contributed by atoms with van der Waals surface area (Å²) < 4.78 is 5.32. The van der Waals surface area contributed by atoms with Gasteiger partial charge >= 0.3 is 5.97 Å². The molecule has 2 aromatic carbocycles. The van der Waals surface area contributed by atoms with E-state index in [0.29, 0.717) is 13.0 Å². The molecule has 0 spiro atoms. The van der Waals surface area contributed by atoms with Gasteiger partial charge in [0, 0.05) is 24.9 Å². The molecule has 0 amide bonds. The normalized spacial score (nSPS) is 10.1. The minimum absolute atomic E-state index is 0.152. The monoisotopic (exact) mass is 312 g/mol. The zero-order valence-corrected chi connectivity index (χ0v) is 12.8. The molecule has 5 nitrogen and oxygen atoms in total. The van der Waals surface area contributed by atoms with E-state index in [0.717, 1.165) is 22.6 Å². The Balaban J connectivity index is 1.83. The number of hydrogen-bond donors (Lipinski definition) is 3. The first kappa shape index (κ1) is 16.5. The maximum absolute atomic E-state index is 10.5. The quantitative estimate of drug-likeness (QED) is 0.620. The average Bonchev–Trinajstić information content (AvgIpc) is 2.58. The molecule has 0 heterocycles. The summed E-state index contributed by atoms with van der Waals surface area (Å²) in [5, 5.41) is 18.9. The highest BCUT2D eigenvalue weighted by molar-refractivity contribution is 5.67. The summed E-state index contributed by atoms with van der Waals surface area (Å²) in [6.07, 6.45) is 1.92. The van der Waals surface area contributed by atoms with Crippen molar-refractivity contribution in [3.63, 3.8) is 0 Å². The number of aliphatic carboxylic acids is 1. The number of hydrogen-bond acceptors (Lipinski definition) is 4. The van der Waals surface area contributed by atoms with Crippen molar-refractivity contribution in [1.29, 1.82) is 5.41 Å². The van der Waals surface area contributed by atoms with Crippen LogP contribution in [0.3, 0.4) is 0 Å². The fourth-order valence-electron chi connectivity index (χ4n) is 2.09. The number of anilines is 1. The van der Waals surface area contributed by atoms with Gasteiger partial charge in [0.2, 0.25) is 0 Å². The van der Waals surface area contributed by atoms with Crippen LogP contribution in [0.1, 0.15) is 17.5 Å². The molecule has 2 rings (SSSR count). The third-order valence-corrected chi connectivity index (χ3v) is 3.33. The molecule has 23 heavy (non-hydrogen) atoms. The molecule has 0 saturated heterocycles. The van der Waals surface area contributed by atoms with Crippen molar-refractivity contribution < 1.29 is 14.6 Å². The summed E-state index contributed by atoms with van der Waals surface area (Å²) in [5.41, 5.74) is 3.14. The van der Waals surface area contributed by atoms with E-state index >= 15 is 0 Å². The number of benzene rings is 2. The van der Waals surface area contributed by atoms with Gasteiger partial charge in [0.1, 0.15) is 12.4 Å². The van der Waals surface area contributed by atoms with E-state index in [-0.39, 0.29) is 13.0 Å². The van der Waals surface area contributed by atoms with Crippen LogP contribution in [0.25, 0.3) is 0 Å². The van der Waals surface area contributed by atoms with E-state index in [1.54, 1.807) is 0 Å². The maximum Gasteiger partial charge on any atom is 0.303 e. The number of carboxylic acid groups (broad SMARTS) is 1. The summed E-state index contributed by atoms with van der Waals surface area (Å²) in [6.45, 7) is 0.977. The van der Waals surface area contributed by atoms with Crippen LogP contribution in [-0.4, -0.2) is 23.9 Å². The Morgan fingerprint density at radius 2 is 1.74 bits per heavy atom. The van der Waals surface area contributed by atoms with Gasteiger partial charge in [-0.05, 0) is 41.8 Å². The van der Waals surface area contributed by atoms with Crippen LogP contribution in [0.4, 0.5) is 5.69 Å². The predicted molar refractivity (Wildman–Crippen MR) is 90.4 cm³/mol. The number of ether oxygens (including phenoxy) is 1. The fraction of sp³-hybridized carbons (Fsp3) is 0.222. The second-order valence-electron chi connectivity index (χ2n) is 5.10. The lowest BCUT2D eigenvalue weighted by atomic mass is 10.1. The maximum atomic E-state index is 10.5. The molecule has 3 N–H and O–H groups in total. The van der Waals surface area contributed by atoms with Crippen molar-refractivity contribution in [3.05, 3.63) is 59.7 Å². The van der Waals surface area contributed by atoms with E-state index in [1.165, 1.54) is 6.21 Å². The molecule has 0 aliphatic rings. The van der Waals surface area contributed by atoms with E-state index in [1.807, 2.05) is 48.5 Å². The SMILES string of the molecule is N=CCOc1ccc(CNc2ccc(CCC(=O)O)cc2)cc1. The number of rotatable bonds is 9. The molecule has 0 unspecified atom stereocenters. The number of carbonyl (C=O) groups is 1. The van der Waals surface area contributed by atoms with Gasteiger partial charge in [-0.25, -0.2) is 0 Å². The van der Waals surface area contributed by atoms with E-state index < -0.39 is 5.97 Å². The lowest BCUT2D eigenvalue weighted by Crippen LogP contribution is -2.01. The molecule has 0 aliphatic heterocycles. The number of carboxylic acids is 1. The lowest BCUT2D eigenvalue weighted by Gasteiger charge is -2.08. The molecule has 2 aromatic rings. The summed E-state index contributed by atoms with van der Waals surface area (Å²) in [6, 6.07) is 15.5. The average molecular weight is 312 g/mol. The van der Waals surface area contributed by atoms with Crippen molar-refractivity contribution >= 4 is 17.9 Å². The first-order chi connectivity index (χ1) is 11.2. The molecule has 0 bridgehead atoms. The van der Waals surface area contributed by atoms with Crippen LogP contribution < -0.4 is 10.1 Å². The van der Waals surface area contributed by atoms with Gasteiger partial charge in [0.15, 0.2) is 0 Å². The van der Waals surface area contributed by atoms with Gasteiger partial charge in [-0.1, -0.05) is 24.3 Å². The molecule has 0 saturated carbocycles. The zero-order valence-electron chi connectivity index (χ0n) is 12.8. The molecular formula is C18H20N2O3. The molecule has 0 fully saturated rings. The van der Waals surface area contributed by atoms with E-state index in [9.17, 15) is 4.79 Å². The summed E-state index contributed by atoms with van der Waals surface area (Å²) in [4.78, 5) is 10.5. The Bertz CT molecular complexity index is 636. The van der Waals surface area contributed by atoms with Gasteiger partial charge in [-0.3, -0.25) is 4.79 Å². The number of nitrogens with one attached hydrogen (secondary N) is 2. The molecule has 0 atom stereocenters. The highest BCUT2D eigenvalue weighted by Gasteiger charge is 2.00. The van der Waals surface area contributed by atoms with Gasteiger partial charge < -0.3 is 20.6 Å². The molecular weight excluding hydrogens is 292 g/mol. The van der Waals surface area contributed by atoms with Crippen LogP contribution in [0, 0.1) is 5.41 Å². The van der Waals surface area contributed by atoms with Gasteiger partial charge in [-0.15, -0.1) is 0 Å². The second kappa shape index (κ2) is 8.58. The minimum Gasteiger partial charge on any atom is -0.488 e. The minimum atomic E-state index is -0.778. The van der Waals surface area contributed by atoms with Gasteiger partial charge in [0.25, 0.3) is 0 Å². The Hall–Kier alpha value is -2.82. The standard InChI is InChI=1S/C18H20N2O3/c19-11-12-23-17-8-3-15(4-9-17)13-20-16-6-1-14(2-7-16)5-10-18(21)22/h1-4,6-9,11,19-20H,5,10,12-13H2,(H,21,22). The Labute approximate surface area is 135 Å².